The van der Waals surface area contributed by atoms with Gasteiger partial charge in [-0.25, -0.2) is 0 Å². The van der Waals surface area contributed by atoms with Crippen molar-refractivity contribution >= 4 is 17.2 Å². The number of amides is 1. The summed E-state index contributed by atoms with van der Waals surface area (Å²) >= 11 is 0. The van der Waals surface area contributed by atoms with E-state index >= 15 is 0 Å². The van der Waals surface area contributed by atoms with Crippen molar-refractivity contribution in [3.8, 4) is 0 Å². The minimum Gasteiger partial charge on any atom is -0.321 e. The molecule has 3 aliphatic rings. The fraction of sp³-hybridized carbons (Fsp3) is 0.312. The van der Waals surface area contributed by atoms with Crippen LogP contribution in [0.15, 0.2) is 42.5 Å². The lowest BCUT2D eigenvalue weighted by atomic mass is 9.90. The van der Waals surface area contributed by atoms with E-state index in [1.165, 1.54) is 12.8 Å². The maximum Gasteiger partial charge on any atom is 0.256 e. The van der Waals surface area contributed by atoms with Crippen molar-refractivity contribution < 1.29 is 4.79 Å². The largest absolute Gasteiger partial charge is 0.321 e. The average molecular weight is 237 g/mol. The van der Waals surface area contributed by atoms with Crippen LogP contribution in [0.2, 0.25) is 0 Å². The van der Waals surface area contributed by atoms with E-state index in [1.54, 1.807) is 0 Å². The molecule has 2 bridgehead atoms. The molecule has 1 saturated carbocycles. The zero-order valence-electron chi connectivity index (χ0n) is 10.1. The summed E-state index contributed by atoms with van der Waals surface area (Å²) in [5.41, 5.74) is 2.89. The van der Waals surface area contributed by atoms with Crippen LogP contribution in [0, 0.1) is 17.8 Å². The number of fused-ring (bicyclic) bond motifs is 3. The third kappa shape index (κ3) is 1.38. The van der Waals surface area contributed by atoms with E-state index in [0.29, 0.717) is 11.8 Å². The van der Waals surface area contributed by atoms with Gasteiger partial charge in [-0.05, 0) is 36.7 Å². The summed E-state index contributed by atoms with van der Waals surface area (Å²) < 4.78 is 0. The van der Waals surface area contributed by atoms with Gasteiger partial charge < -0.3 is 5.32 Å². The molecule has 1 amide bonds. The quantitative estimate of drug-likeness (QED) is 0.589. The molecule has 0 spiro atoms. The van der Waals surface area contributed by atoms with Gasteiger partial charge in [-0.2, -0.15) is 0 Å². The van der Waals surface area contributed by atoms with Crippen molar-refractivity contribution in [3.05, 3.63) is 48.1 Å². The molecule has 2 heteroatoms. The van der Waals surface area contributed by atoms with Gasteiger partial charge in [0.2, 0.25) is 0 Å². The van der Waals surface area contributed by atoms with Crippen LogP contribution in [0.25, 0.3) is 5.57 Å². The highest BCUT2D eigenvalue weighted by molar-refractivity contribution is 6.31. The van der Waals surface area contributed by atoms with Crippen molar-refractivity contribution in [1.29, 1.82) is 0 Å². The molecule has 1 N–H and O–H groups in total. The molecule has 4 rings (SSSR count). The lowest BCUT2D eigenvalue weighted by molar-refractivity contribution is -0.110. The van der Waals surface area contributed by atoms with E-state index < -0.39 is 0 Å². The number of rotatable bonds is 1. The number of hydrogen-bond acceptors (Lipinski definition) is 1. The van der Waals surface area contributed by atoms with E-state index in [-0.39, 0.29) is 5.91 Å². The summed E-state index contributed by atoms with van der Waals surface area (Å²) in [6.45, 7) is 0. The zero-order chi connectivity index (χ0) is 12.1. The Kier molecular flexibility index (Phi) is 2.01. The number of hydrogen-bond donors (Lipinski definition) is 1. The number of carbonyl (C=O) groups excluding carboxylic acids is 1. The molecule has 1 heterocycles. The third-order valence-corrected chi connectivity index (χ3v) is 4.42. The lowest BCUT2D eigenvalue weighted by Gasteiger charge is -2.14. The Bertz CT molecular complexity index is 585. The maximum absolute atomic E-state index is 12.0. The summed E-state index contributed by atoms with van der Waals surface area (Å²) in [6, 6.07) is 7.95. The van der Waals surface area contributed by atoms with Crippen molar-refractivity contribution in [2.45, 2.75) is 12.8 Å². The standard InChI is InChI=1S/C16H15NO/c18-16-14(13-3-1-2-4-15(13)17-16)9-12-8-10-5-6-11(12)7-10/h1-6,9-12H,7-8H2,(H,17,18)/b14-9+/t10-,11-,12+/m1/s1. The number of para-hydroxylation sites is 1. The molecule has 1 aromatic rings. The van der Waals surface area contributed by atoms with Gasteiger partial charge in [0.25, 0.3) is 5.91 Å². The molecular formula is C16H15NO. The second kappa shape index (κ2) is 3.58. The first-order chi connectivity index (χ1) is 8.81. The van der Waals surface area contributed by atoms with Gasteiger partial charge >= 0.3 is 0 Å². The second-order valence-electron chi connectivity index (χ2n) is 5.52. The first-order valence-electron chi connectivity index (χ1n) is 6.62. The lowest BCUT2D eigenvalue weighted by Crippen LogP contribution is -2.08. The van der Waals surface area contributed by atoms with E-state index in [0.717, 1.165) is 22.7 Å². The Morgan fingerprint density at radius 2 is 2.06 bits per heavy atom. The van der Waals surface area contributed by atoms with Crippen LogP contribution >= 0.6 is 0 Å². The third-order valence-electron chi connectivity index (χ3n) is 4.42. The molecule has 3 atom stereocenters. The smallest absolute Gasteiger partial charge is 0.256 e. The minimum atomic E-state index is 0.0583. The van der Waals surface area contributed by atoms with Gasteiger partial charge in [-0.15, -0.1) is 0 Å². The molecule has 90 valence electrons. The fourth-order valence-corrected chi connectivity index (χ4v) is 3.53. The molecule has 0 unspecified atom stereocenters. The molecular weight excluding hydrogens is 222 g/mol. The molecule has 18 heavy (non-hydrogen) atoms. The molecule has 0 aromatic heterocycles. The van der Waals surface area contributed by atoms with Crippen LogP contribution in [0.1, 0.15) is 18.4 Å². The molecule has 0 saturated heterocycles. The first-order valence-corrected chi connectivity index (χ1v) is 6.62. The second-order valence-corrected chi connectivity index (χ2v) is 5.52. The van der Waals surface area contributed by atoms with Crippen LogP contribution < -0.4 is 5.32 Å². The molecule has 1 aliphatic heterocycles. The van der Waals surface area contributed by atoms with Crippen LogP contribution in [0.5, 0.6) is 0 Å². The summed E-state index contributed by atoms with van der Waals surface area (Å²) in [5, 5.41) is 2.94. The maximum atomic E-state index is 12.0. The summed E-state index contributed by atoms with van der Waals surface area (Å²) in [4.78, 5) is 12.0. The fourth-order valence-electron chi connectivity index (χ4n) is 3.53. The highest BCUT2D eigenvalue weighted by atomic mass is 16.2. The number of carbonyl (C=O) groups is 1. The van der Waals surface area contributed by atoms with E-state index in [4.69, 9.17) is 0 Å². The SMILES string of the molecule is O=C1Nc2ccccc2/C1=C\[C@@H]1C[C@@H]2C=C[C@@H]1C2. The topological polar surface area (TPSA) is 29.1 Å². The van der Waals surface area contributed by atoms with Gasteiger partial charge in [0, 0.05) is 16.8 Å². The van der Waals surface area contributed by atoms with Gasteiger partial charge in [0.1, 0.15) is 0 Å². The Hall–Kier alpha value is -1.83. The van der Waals surface area contributed by atoms with Gasteiger partial charge in [0.15, 0.2) is 0 Å². The monoisotopic (exact) mass is 237 g/mol. The first kappa shape index (κ1) is 10.1. The summed E-state index contributed by atoms with van der Waals surface area (Å²) in [6.07, 6.45) is 9.35. The van der Waals surface area contributed by atoms with Crippen LogP contribution in [0.3, 0.4) is 0 Å². The summed E-state index contributed by atoms with van der Waals surface area (Å²) in [7, 11) is 0. The number of anilines is 1. The van der Waals surface area contributed by atoms with E-state index in [9.17, 15) is 4.79 Å². The van der Waals surface area contributed by atoms with Crippen molar-refractivity contribution in [3.63, 3.8) is 0 Å². The minimum absolute atomic E-state index is 0.0583. The average Bonchev–Trinajstić information content (AvgIpc) is 3.05. The predicted octanol–water partition coefficient (Wildman–Crippen LogP) is 3.23. The van der Waals surface area contributed by atoms with Crippen molar-refractivity contribution in [1.82, 2.24) is 0 Å². The molecule has 0 radical (unpaired) electrons. The highest BCUT2D eigenvalue weighted by Crippen LogP contribution is 2.45. The Balaban J connectivity index is 1.73. The van der Waals surface area contributed by atoms with Gasteiger partial charge in [0.05, 0.1) is 0 Å². The molecule has 2 aliphatic carbocycles. The Morgan fingerprint density at radius 1 is 1.17 bits per heavy atom. The number of nitrogens with one attached hydrogen (secondary N) is 1. The molecule has 2 nitrogen and oxygen atoms in total. The highest BCUT2D eigenvalue weighted by Gasteiger charge is 2.36. The van der Waals surface area contributed by atoms with Crippen molar-refractivity contribution in [2.24, 2.45) is 17.8 Å². The van der Waals surface area contributed by atoms with Crippen LogP contribution in [-0.4, -0.2) is 5.91 Å². The molecule has 1 aromatic carbocycles. The predicted molar refractivity (Wildman–Crippen MR) is 71.9 cm³/mol. The Morgan fingerprint density at radius 3 is 2.83 bits per heavy atom. The van der Waals surface area contributed by atoms with E-state index in [1.807, 2.05) is 24.3 Å². The number of benzene rings is 1. The molecule has 1 fully saturated rings. The van der Waals surface area contributed by atoms with E-state index in [2.05, 4.69) is 23.5 Å². The van der Waals surface area contributed by atoms with Crippen LogP contribution in [-0.2, 0) is 4.79 Å². The summed E-state index contributed by atoms with van der Waals surface area (Å²) in [5.74, 6) is 2.01. The van der Waals surface area contributed by atoms with Gasteiger partial charge in [-0.3, -0.25) is 4.79 Å². The normalized spacial score (nSPS) is 34.1. The van der Waals surface area contributed by atoms with Crippen molar-refractivity contribution in [2.75, 3.05) is 5.32 Å². The van der Waals surface area contributed by atoms with Crippen LogP contribution in [0.4, 0.5) is 5.69 Å². The number of allylic oxidation sites excluding steroid dienone is 3. The Labute approximate surface area is 106 Å². The zero-order valence-corrected chi connectivity index (χ0v) is 10.1. The van der Waals surface area contributed by atoms with Gasteiger partial charge in [-0.1, -0.05) is 36.4 Å².